The molecule has 0 spiro atoms. The first kappa shape index (κ1) is 12.1. The minimum Gasteiger partial charge on any atom is -0.358 e. The Morgan fingerprint density at radius 1 is 1.41 bits per heavy atom. The Hall–Kier alpha value is -1.39. The summed E-state index contributed by atoms with van der Waals surface area (Å²) < 4.78 is 1.29. The van der Waals surface area contributed by atoms with Gasteiger partial charge in [0.1, 0.15) is 0 Å². The summed E-state index contributed by atoms with van der Waals surface area (Å²) in [5.74, 6) is 0.0181. The second kappa shape index (κ2) is 5.29. The van der Waals surface area contributed by atoms with E-state index >= 15 is 0 Å². The maximum absolute atomic E-state index is 11.4. The first-order valence-electron chi connectivity index (χ1n) is 5.62. The zero-order valence-corrected chi connectivity index (χ0v) is 10.8. The van der Waals surface area contributed by atoms with E-state index in [1.807, 2.05) is 19.1 Å². The van der Waals surface area contributed by atoms with Gasteiger partial charge in [-0.25, -0.2) is 0 Å². The molecule has 17 heavy (non-hydrogen) atoms. The van der Waals surface area contributed by atoms with Gasteiger partial charge in [0, 0.05) is 18.3 Å². The van der Waals surface area contributed by atoms with E-state index in [1.54, 1.807) is 18.4 Å². The lowest BCUT2D eigenvalue weighted by molar-refractivity contribution is -0.122. The van der Waals surface area contributed by atoms with E-state index in [2.05, 4.69) is 28.1 Å². The molecule has 1 heterocycles. The molecule has 0 bridgehead atoms. The molecule has 1 aromatic heterocycles. The van der Waals surface area contributed by atoms with Crippen LogP contribution in [-0.2, 0) is 11.3 Å². The number of fused-ring (bicyclic) bond motifs is 1. The monoisotopic (exact) mass is 248 g/mol. The summed E-state index contributed by atoms with van der Waals surface area (Å²) in [5, 5.41) is 9.28. The molecule has 1 atom stereocenters. The van der Waals surface area contributed by atoms with Crippen LogP contribution in [0.2, 0.25) is 0 Å². The number of hydrogen-bond donors (Lipinski definition) is 2. The van der Waals surface area contributed by atoms with Gasteiger partial charge in [0.25, 0.3) is 0 Å². The highest BCUT2D eigenvalue weighted by Crippen LogP contribution is 2.25. The number of likely N-dealkylation sites (N-methyl/N-ethyl adjacent to an activating group) is 1. The normalized spacial score (nSPS) is 12.6. The van der Waals surface area contributed by atoms with Crippen molar-refractivity contribution in [2.45, 2.75) is 19.5 Å². The Balaban J connectivity index is 2.07. The Kier molecular flexibility index (Phi) is 3.76. The van der Waals surface area contributed by atoms with Gasteiger partial charge >= 0.3 is 0 Å². The number of amides is 1. The summed E-state index contributed by atoms with van der Waals surface area (Å²) in [6, 6.07) is 8.15. The quantitative estimate of drug-likeness (QED) is 0.870. The van der Waals surface area contributed by atoms with Crippen LogP contribution in [0.1, 0.15) is 12.5 Å². The highest BCUT2D eigenvalue weighted by molar-refractivity contribution is 7.17. The fourth-order valence-electron chi connectivity index (χ4n) is 1.74. The van der Waals surface area contributed by atoms with Crippen LogP contribution in [0, 0.1) is 0 Å². The molecule has 1 aromatic carbocycles. The molecule has 0 aliphatic rings. The molecule has 1 amide bonds. The summed E-state index contributed by atoms with van der Waals surface area (Å²) in [4.78, 5) is 11.4. The van der Waals surface area contributed by atoms with Crippen LogP contribution in [0.15, 0.2) is 29.6 Å². The van der Waals surface area contributed by atoms with E-state index in [4.69, 9.17) is 0 Å². The number of hydrogen-bond acceptors (Lipinski definition) is 3. The minimum absolute atomic E-state index is 0.0181. The van der Waals surface area contributed by atoms with Gasteiger partial charge in [-0.3, -0.25) is 4.79 Å². The van der Waals surface area contributed by atoms with Crippen LogP contribution in [-0.4, -0.2) is 19.0 Å². The predicted molar refractivity (Wildman–Crippen MR) is 72.2 cm³/mol. The van der Waals surface area contributed by atoms with E-state index in [1.165, 1.54) is 15.6 Å². The fraction of sp³-hybridized carbons (Fsp3) is 0.308. The lowest BCUT2D eigenvalue weighted by Crippen LogP contribution is -2.40. The molecule has 0 saturated carbocycles. The molecule has 1 unspecified atom stereocenters. The molecule has 0 aliphatic carbocycles. The van der Waals surface area contributed by atoms with Gasteiger partial charge in [-0.1, -0.05) is 18.2 Å². The van der Waals surface area contributed by atoms with Crippen molar-refractivity contribution in [1.29, 1.82) is 0 Å². The van der Waals surface area contributed by atoms with Crippen molar-refractivity contribution in [3.05, 3.63) is 35.2 Å². The number of carbonyl (C=O) groups excluding carboxylic acids is 1. The van der Waals surface area contributed by atoms with Crippen molar-refractivity contribution in [1.82, 2.24) is 10.6 Å². The maximum atomic E-state index is 11.4. The summed E-state index contributed by atoms with van der Waals surface area (Å²) >= 11 is 1.74. The Labute approximate surface area is 105 Å². The van der Waals surface area contributed by atoms with Crippen molar-refractivity contribution in [2.24, 2.45) is 0 Å². The molecule has 2 rings (SSSR count). The second-order valence-corrected chi connectivity index (χ2v) is 4.89. The third-order valence-corrected chi connectivity index (χ3v) is 3.81. The molecule has 0 fully saturated rings. The van der Waals surface area contributed by atoms with Gasteiger partial charge < -0.3 is 10.6 Å². The topological polar surface area (TPSA) is 41.1 Å². The number of rotatable bonds is 4. The van der Waals surface area contributed by atoms with Gasteiger partial charge in [0.15, 0.2) is 0 Å². The smallest absolute Gasteiger partial charge is 0.236 e. The average Bonchev–Trinajstić information content (AvgIpc) is 2.78. The summed E-state index contributed by atoms with van der Waals surface area (Å²) in [6.07, 6.45) is 0. The molecule has 3 nitrogen and oxygen atoms in total. The largest absolute Gasteiger partial charge is 0.358 e. The van der Waals surface area contributed by atoms with E-state index < -0.39 is 0 Å². The molecule has 90 valence electrons. The Morgan fingerprint density at radius 2 is 2.18 bits per heavy atom. The van der Waals surface area contributed by atoms with Gasteiger partial charge in [0.05, 0.1) is 6.04 Å². The molecule has 0 radical (unpaired) electrons. The van der Waals surface area contributed by atoms with Crippen LogP contribution >= 0.6 is 11.3 Å². The molecular weight excluding hydrogens is 232 g/mol. The number of thiophene rings is 1. The number of nitrogens with one attached hydrogen (secondary N) is 2. The van der Waals surface area contributed by atoms with Crippen molar-refractivity contribution in [3.8, 4) is 0 Å². The molecule has 4 heteroatoms. The highest BCUT2D eigenvalue weighted by Gasteiger charge is 2.10. The van der Waals surface area contributed by atoms with Crippen LogP contribution in [0.4, 0.5) is 0 Å². The molecule has 0 saturated heterocycles. The van der Waals surface area contributed by atoms with Gasteiger partial charge in [-0.15, -0.1) is 11.3 Å². The van der Waals surface area contributed by atoms with E-state index in [9.17, 15) is 4.79 Å². The van der Waals surface area contributed by atoms with Crippen molar-refractivity contribution < 1.29 is 4.79 Å². The molecule has 2 N–H and O–H groups in total. The van der Waals surface area contributed by atoms with Crippen molar-refractivity contribution >= 4 is 27.3 Å². The van der Waals surface area contributed by atoms with Crippen LogP contribution in [0.25, 0.3) is 10.1 Å². The lowest BCUT2D eigenvalue weighted by atomic mass is 10.1. The first-order chi connectivity index (χ1) is 8.22. The minimum atomic E-state index is -0.168. The Morgan fingerprint density at radius 3 is 2.94 bits per heavy atom. The summed E-state index contributed by atoms with van der Waals surface area (Å²) in [7, 11) is 1.65. The zero-order chi connectivity index (χ0) is 12.3. The van der Waals surface area contributed by atoms with Gasteiger partial charge in [0.2, 0.25) is 5.91 Å². The third-order valence-electron chi connectivity index (χ3n) is 2.80. The number of carbonyl (C=O) groups is 1. The van der Waals surface area contributed by atoms with E-state index in [-0.39, 0.29) is 11.9 Å². The van der Waals surface area contributed by atoms with Crippen LogP contribution < -0.4 is 10.6 Å². The van der Waals surface area contributed by atoms with E-state index in [0.29, 0.717) is 0 Å². The van der Waals surface area contributed by atoms with Crippen molar-refractivity contribution in [2.75, 3.05) is 7.05 Å². The predicted octanol–water partition coefficient (Wildman–Crippen LogP) is 2.13. The summed E-state index contributed by atoms with van der Waals surface area (Å²) in [5.41, 5.74) is 1.25. The zero-order valence-electron chi connectivity index (χ0n) is 9.99. The molecule has 2 aromatic rings. The fourth-order valence-corrected chi connectivity index (χ4v) is 2.70. The number of benzene rings is 1. The Bertz CT molecular complexity index is 521. The molecule has 0 aliphatic heterocycles. The average molecular weight is 248 g/mol. The van der Waals surface area contributed by atoms with Crippen LogP contribution in [0.5, 0.6) is 0 Å². The third kappa shape index (κ3) is 2.65. The summed E-state index contributed by atoms with van der Waals surface area (Å²) in [6.45, 7) is 2.59. The first-order valence-corrected chi connectivity index (χ1v) is 6.50. The highest BCUT2D eigenvalue weighted by atomic mass is 32.1. The second-order valence-electron chi connectivity index (χ2n) is 3.97. The van der Waals surface area contributed by atoms with Gasteiger partial charge in [-0.2, -0.15) is 0 Å². The standard InChI is InChI=1S/C13H16N2OS/c1-9(13(16)14-2)15-7-10-8-17-12-6-4-3-5-11(10)12/h3-6,8-9,15H,7H2,1-2H3,(H,14,16). The SMILES string of the molecule is CNC(=O)C(C)NCc1csc2ccccc12. The van der Waals surface area contributed by atoms with Crippen molar-refractivity contribution in [3.63, 3.8) is 0 Å². The van der Waals surface area contributed by atoms with E-state index in [0.717, 1.165) is 6.54 Å². The molecular formula is C13H16N2OS. The lowest BCUT2D eigenvalue weighted by Gasteiger charge is -2.11. The van der Waals surface area contributed by atoms with Crippen LogP contribution in [0.3, 0.4) is 0 Å². The van der Waals surface area contributed by atoms with Gasteiger partial charge in [-0.05, 0) is 29.3 Å². The maximum Gasteiger partial charge on any atom is 0.236 e.